The Balaban J connectivity index is 1.26. The van der Waals surface area contributed by atoms with Crippen LogP contribution in [-0.4, -0.2) is 22.0 Å². The van der Waals surface area contributed by atoms with Gasteiger partial charge in [-0.15, -0.1) is 0 Å². The zero-order chi connectivity index (χ0) is 43.7. The van der Waals surface area contributed by atoms with E-state index in [1.165, 1.54) is 5.56 Å². The van der Waals surface area contributed by atoms with E-state index in [-0.39, 0.29) is 12.1 Å². The molecule has 0 saturated carbocycles. The molecule has 3 aliphatic heterocycles. The van der Waals surface area contributed by atoms with Gasteiger partial charge in [-0.05, 0) is 0 Å². The van der Waals surface area contributed by atoms with E-state index in [0.29, 0.717) is 5.69 Å². The predicted molar refractivity (Wildman–Crippen MR) is 255 cm³/mol. The van der Waals surface area contributed by atoms with E-state index in [2.05, 4.69) is 211 Å². The molecule has 0 aliphatic carbocycles. The molecule has 0 atom stereocenters. The molecule has 61 heavy (non-hydrogen) atoms. The first kappa shape index (κ1) is 34.2. The SMILES string of the molecule is [2H]C([2H])([2H])N1[C]2=[Pt]=[C]3N(c4[c-]c(ccc4)B(c4c(-c5ccccc5)cccc4-c4ccccc4)c4[c-]c(ccc4)N2c2ccccc21)c1ccccc1N3c1ccc(C(C)(C)C)cc1. The van der Waals surface area contributed by atoms with Gasteiger partial charge in [-0.3, -0.25) is 0 Å². The van der Waals surface area contributed by atoms with Gasteiger partial charge in [0.15, 0.2) is 0 Å². The van der Waals surface area contributed by atoms with Crippen LogP contribution in [0.3, 0.4) is 0 Å². The Hall–Kier alpha value is -6.55. The van der Waals surface area contributed by atoms with Gasteiger partial charge in [-0.1, -0.05) is 0 Å². The first-order valence-electron chi connectivity index (χ1n) is 22.1. The average Bonchev–Trinajstić information content (AvgIpc) is 3.82. The fourth-order valence-electron chi connectivity index (χ4n) is 8.89. The molecule has 0 fully saturated rings. The van der Waals surface area contributed by atoms with E-state index in [9.17, 15) is 0 Å². The van der Waals surface area contributed by atoms with Crippen molar-refractivity contribution in [3.05, 3.63) is 206 Å². The van der Waals surface area contributed by atoms with Crippen molar-refractivity contribution in [2.24, 2.45) is 0 Å². The molecule has 0 N–H and O–H groups in total. The van der Waals surface area contributed by atoms with Crippen molar-refractivity contribution < 1.29 is 21.8 Å². The van der Waals surface area contributed by atoms with Crippen LogP contribution in [0.5, 0.6) is 0 Å². The molecule has 0 spiro atoms. The van der Waals surface area contributed by atoms with Crippen LogP contribution in [0, 0.1) is 12.1 Å². The van der Waals surface area contributed by atoms with E-state index in [0.717, 1.165) is 81.1 Å². The van der Waals surface area contributed by atoms with Crippen molar-refractivity contribution in [2.75, 3.05) is 26.6 Å². The number of hydrogen-bond donors (Lipinski definition) is 0. The van der Waals surface area contributed by atoms with Crippen LogP contribution in [0.1, 0.15) is 30.4 Å². The minimum absolute atomic E-state index is 0.0243. The summed E-state index contributed by atoms with van der Waals surface area (Å²) < 4.78 is 29.1. The van der Waals surface area contributed by atoms with Gasteiger partial charge in [-0.2, -0.15) is 0 Å². The Morgan fingerprint density at radius 2 is 0.951 bits per heavy atom. The van der Waals surface area contributed by atoms with Crippen molar-refractivity contribution >= 4 is 71.2 Å². The van der Waals surface area contributed by atoms with Gasteiger partial charge in [0.2, 0.25) is 0 Å². The molecule has 4 bridgehead atoms. The number of para-hydroxylation sites is 4. The minimum atomic E-state index is -2.47. The van der Waals surface area contributed by atoms with Crippen LogP contribution in [0.25, 0.3) is 22.3 Å². The standard InChI is InChI=1S/C55H43BN4.Pt/c1-55(2,3)42-32-34-45(35-33-42)59-39-60(53-31-14-13-30-52(53)59)47-25-16-23-44(37-47)56(43-22-15-24-46(36-43)58-38-57(4)50-28-11-12-29-51(50)58)54-48(40-18-7-5-8-19-40)26-17-27-49(54)41-20-9-6-10-21-41;/h5-35H,1-4H3;/q-2;/i4D3;. The molecule has 0 saturated heterocycles. The number of anilines is 7. The predicted octanol–water partition coefficient (Wildman–Crippen LogP) is 10.6. The summed E-state index contributed by atoms with van der Waals surface area (Å²) in [4.78, 5) is 8.47. The average molecular weight is 969 g/mol. The number of hydrogen-bond acceptors (Lipinski definition) is 4. The Morgan fingerprint density at radius 1 is 0.475 bits per heavy atom. The van der Waals surface area contributed by atoms with Crippen LogP contribution >= 0.6 is 0 Å². The van der Waals surface area contributed by atoms with Gasteiger partial charge in [-0.25, -0.2) is 0 Å². The Morgan fingerprint density at radius 3 is 1.49 bits per heavy atom. The third kappa shape index (κ3) is 6.34. The van der Waals surface area contributed by atoms with Crippen LogP contribution in [0.2, 0.25) is 0 Å². The molecule has 0 amide bonds. The third-order valence-electron chi connectivity index (χ3n) is 11.8. The zero-order valence-electron chi connectivity index (χ0n) is 37.1. The maximum atomic E-state index is 9.14. The molecule has 11 rings (SSSR count). The Bertz CT molecular complexity index is 3100. The van der Waals surface area contributed by atoms with Crippen molar-refractivity contribution in [3.8, 4) is 22.3 Å². The summed E-state index contributed by atoms with van der Waals surface area (Å²) in [6, 6.07) is 74.0. The van der Waals surface area contributed by atoms with Gasteiger partial charge in [0.05, 0.1) is 0 Å². The molecule has 3 aliphatic rings. The van der Waals surface area contributed by atoms with Crippen molar-refractivity contribution in [1.29, 1.82) is 0 Å². The van der Waals surface area contributed by atoms with Gasteiger partial charge in [0, 0.05) is 0 Å². The van der Waals surface area contributed by atoms with Gasteiger partial charge in [0.1, 0.15) is 0 Å². The van der Waals surface area contributed by atoms with E-state index in [1.807, 2.05) is 24.3 Å². The van der Waals surface area contributed by atoms with E-state index >= 15 is 0 Å². The van der Waals surface area contributed by atoms with E-state index < -0.39 is 24.6 Å². The van der Waals surface area contributed by atoms with Crippen molar-refractivity contribution in [3.63, 3.8) is 0 Å². The topological polar surface area (TPSA) is 13.0 Å². The second kappa shape index (κ2) is 14.9. The summed E-state index contributed by atoms with van der Waals surface area (Å²) in [5.41, 5.74) is 15.0. The number of benzene rings is 8. The second-order valence-electron chi connectivity index (χ2n) is 16.6. The molecular formula is C55H43BN4Pt-2. The van der Waals surface area contributed by atoms with Gasteiger partial charge >= 0.3 is 374 Å². The molecule has 0 aromatic heterocycles. The number of nitrogens with zero attached hydrogens (tertiary/aromatic N) is 4. The molecule has 4 nitrogen and oxygen atoms in total. The van der Waals surface area contributed by atoms with Crippen molar-refractivity contribution in [1.82, 2.24) is 0 Å². The summed E-state index contributed by atoms with van der Waals surface area (Å²) >= 11 is -1.31. The molecule has 6 heteroatoms. The second-order valence-corrected chi connectivity index (χ2v) is 19.2. The summed E-state index contributed by atoms with van der Waals surface area (Å²) in [5, 5.41) is 0. The quantitative estimate of drug-likeness (QED) is 0.129. The van der Waals surface area contributed by atoms with E-state index in [4.69, 9.17) is 4.11 Å². The fraction of sp³-hybridized carbons (Fsp3) is 0.0909. The number of fused-ring (bicyclic) bond motifs is 12. The number of rotatable bonds is 4. The van der Waals surface area contributed by atoms with Crippen LogP contribution in [0.4, 0.5) is 39.8 Å². The molecule has 0 radical (unpaired) electrons. The maximum absolute atomic E-state index is 9.14. The molecule has 3 heterocycles. The van der Waals surface area contributed by atoms with Crippen molar-refractivity contribution in [2.45, 2.75) is 26.2 Å². The zero-order valence-corrected chi connectivity index (χ0v) is 36.4. The van der Waals surface area contributed by atoms with Gasteiger partial charge in [0.25, 0.3) is 0 Å². The molecule has 8 aromatic carbocycles. The molecule has 0 unspecified atom stereocenters. The van der Waals surface area contributed by atoms with Crippen LogP contribution in [-0.2, 0) is 23.1 Å². The molecular weight excluding hydrogens is 923 g/mol. The Kier molecular flexibility index (Phi) is 8.34. The van der Waals surface area contributed by atoms with Crippen LogP contribution in [0.15, 0.2) is 188 Å². The first-order chi connectivity index (χ1) is 31.0. The summed E-state index contributed by atoms with van der Waals surface area (Å²) in [6.45, 7) is 3.90. The third-order valence-corrected chi connectivity index (χ3v) is 14.9. The van der Waals surface area contributed by atoms with E-state index in [1.54, 1.807) is 4.90 Å². The summed E-state index contributed by atoms with van der Waals surface area (Å²) in [6.07, 6.45) is 0. The summed E-state index contributed by atoms with van der Waals surface area (Å²) in [7, 11) is 0. The normalized spacial score (nSPS) is 15.3. The van der Waals surface area contributed by atoms with Crippen LogP contribution < -0.4 is 36.0 Å². The molecule has 298 valence electrons. The molecule has 8 aromatic rings. The summed E-state index contributed by atoms with van der Waals surface area (Å²) in [5.74, 6) is 0. The fourth-order valence-corrected chi connectivity index (χ4v) is 12.3. The van der Waals surface area contributed by atoms with Gasteiger partial charge < -0.3 is 0 Å². The monoisotopic (exact) mass is 968 g/mol. The Labute approximate surface area is 371 Å². The first-order valence-corrected chi connectivity index (χ1v) is 22.9.